The smallest absolute Gasteiger partial charge is 0.212 e. The van der Waals surface area contributed by atoms with E-state index in [1.54, 1.807) is 13.3 Å². The van der Waals surface area contributed by atoms with Crippen LogP contribution in [0.4, 0.5) is 0 Å². The number of pyridine rings is 1. The second kappa shape index (κ2) is 4.82. The second-order valence-corrected chi connectivity index (χ2v) is 2.46. The van der Waals surface area contributed by atoms with Crippen LogP contribution < -0.4 is 4.74 Å². The average Bonchev–Trinajstić information content (AvgIpc) is 3.05. The van der Waals surface area contributed by atoms with Crippen molar-refractivity contribution in [3.63, 3.8) is 0 Å². The Morgan fingerprint density at radius 3 is 2.54 bits per heavy atom. The quantitative estimate of drug-likeness (QED) is 0.656. The first-order chi connectivity index (χ1) is 6.40. The summed E-state index contributed by atoms with van der Waals surface area (Å²) in [5.74, 6) is 0.648. The summed E-state index contributed by atoms with van der Waals surface area (Å²) in [6.45, 7) is 4.83. The molecule has 3 heteroatoms. The van der Waals surface area contributed by atoms with E-state index in [1.165, 1.54) is 0 Å². The summed E-state index contributed by atoms with van der Waals surface area (Å²) < 4.78 is 10.0. The number of ether oxygens (including phenoxy) is 2. The monoisotopic (exact) mass is 181 g/mol. The highest BCUT2D eigenvalue weighted by Crippen LogP contribution is 2.29. The highest BCUT2D eigenvalue weighted by molar-refractivity contribution is 5.21. The average molecular weight is 181 g/mol. The fraction of sp³-hybridized carbons (Fsp3) is 0.500. The van der Waals surface area contributed by atoms with Crippen molar-refractivity contribution in [2.45, 2.75) is 20.0 Å². The van der Waals surface area contributed by atoms with E-state index in [0.717, 1.165) is 12.2 Å². The maximum atomic E-state index is 5.09. The van der Waals surface area contributed by atoms with Gasteiger partial charge in [-0.3, -0.25) is 0 Å². The molecule has 2 heterocycles. The molecule has 0 amide bonds. The Kier molecular flexibility index (Phi) is 3.71. The lowest BCUT2D eigenvalue weighted by atomic mass is 10.2. The predicted molar refractivity (Wildman–Crippen MR) is 50.8 cm³/mol. The molecule has 0 aliphatic carbocycles. The van der Waals surface area contributed by atoms with Gasteiger partial charge in [0.1, 0.15) is 6.10 Å². The number of hydrogen-bond donors (Lipinski definition) is 0. The van der Waals surface area contributed by atoms with Crippen molar-refractivity contribution in [2.24, 2.45) is 0 Å². The molecule has 0 radical (unpaired) electrons. The van der Waals surface area contributed by atoms with Crippen LogP contribution >= 0.6 is 0 Å². The fourth-order valence-corrected chi connectivity index (χ4v) is 0.944. The van der Waals surface area contributed by atoms with Crippen molar-refractivity contribution < 1.29 is 9.47 Å². The van der Waals surface area contributed by atoms with Crippen LogP contribution in [0.5, 0.6) is 5.88 Å². The van der Waals surface area contributed by atoms with Crippen molar-refractivity contribution in [1.29, 1.82) is 0 Å². The third-order valence-corrected chi connectivity index (χ3v) is 1.67. The molecule has 0 spiro atoms. The standard InChI is InChI=1S/C8H9NO2.C2H6/c1-10-8-3-2-6(4-9-8)7-5-11-7;1-2/h2-4,7H,5H2,1H3;1-2H3. The Morgan fingerprint density at radius 1 is 1.46 bits per heavy atom. The first-order valence-corrected chi connectivity index (χ1v) is 4.51. The molecule has 2 rings (SSSR count). The van der Waals surface area contributed by atoms with E-state index >= 15 is 0 Å². The number of epoxide rings is 1. The van der Waals surface area contributed by atoms with Gasteiger partial charge >= 0.3 is 0 Å². The molecule has 13 heavy (non-hydrogen) atoms. The maximum Gasteiger partial charge on any atom is 0.212 e. The summed E-state index contributed by atoms with van der Waals surface area (Å²) in [6.07, 6.45) is 2.07. The normalized spacial score (nSPS) is 18.5. The first-order valence-electron chi connectivity index (χ1n) is 4.51. The third kappa shape index (κ3) is 2.70. The van der Waals surface area contributed by atoms with Crippen LogP contribution in [-0.4, -0.2) is 18.7 Å². The maximum absolute atomic E-state index is 5.09. The summed E-state index contributed by atoms with van der Waals surface area (Å²) in [6, 6.07) is 3.82. The van der Waals surface area contributed by atoms with Gasteiger partial charge in [0.25, 0.3) is 0 Å². The van der Waals surface area contributed by atoms with Gasteiger partial charge in [-0.1, -0.05) is 13.8 Å². The third-order valence-electron chi connectivity index (χ3n) is 1.67. The zero-order chi connectivity index (χ0) is 9.68. The Bertz CT molecular complexity index is 242. The highest BCUT2D eigenvalue weighted by atomic mass is 16.6. The summed E-state index contributed by atoms with van der Waals surface area (Å²) in [5, 5.41) is 0. The molecular formula is C10H15NO2. The molecule has 0 bridgehead atoms. The molecule has 1 aliphatic rings. The van der Waals surface area contributed by atoms with Gasteiger partial charge < -0.3 is 9.47 Å². The molecule has 1 unspecified atom stereocenters. The number of aromatic nitrogens is 1. The Balaban J connectivity index is 0.000000396. The van der Waals surface area contributed by atoms with Crippen molar-refractivity contribution in [1.82, 2.24) is 4.98 Å². The highest BCUT2D eigenvalue weighted by Gasteiger charge is 2.24. The van der Waals surface area contributed by atoms with Crippen molar-refractivity contribution >= 4 is 0 Å². The van der Waals surface area contributed by atoms with E-state index in [9.17, 15) is 0 Å². The van der Waals surface area contributed by atoms with E-state index in [1.807, 2.05) is 26.0 Å². The number of hydrogen-bond acceptors (Lipinski definition) is 3. The van der Waals surface area contributed by atoms with Crippen LogP contribution in [0.2, 0.25) is 0 Å². The second-order valence-electron chi connectivity index (χ2n) is 2.46. The van der Waals surface area contributed by atoms with Crippen LogP contribution in [-0.2, 0) is 4.74 Å². The van der Waals surface area contributed by atoms with Crippen molar-refractivity contribution in [3.8, 4) is 5.88 Å². The van der Waals surface area contributed by atoms with E-state index < -0.39 is 0 Å². The molecule has 1 aromatic heterocycles. The molecule has 1 fully saturated rings. The molecule has 1 aromatic rings. The molecule has 1 aliphatic heterocycles. The van der Waals surface area contributed by atoms with E-state index in [2.05, 4.69) is 4.98 Å². The number of nitrogens with zero attached hydrogens (tertiary/aromatic N) is 1. The predicted octanol–water partition coefficient (Wildman–Crippen LogP) is 2.19. The van der Waals surface area contributed by atoms with Gasteiger partial charge in [0.05, 0.1) is 13.7 Å². The number of rotatable bonds is 2. The van der Waals surface area contributed by atoms with Crippen molar-refractivity contribution in [3.05, 3.63) is 23.9 Å². The molecule has 0 aromatic carbocycles. The zero-order valence-corrected chi connectivity index (χ0v) is 8.28. The van der Waals surface area contributed by atoms with Crippen LogP contribution in [0.3, 0.4) is 0 Å². The summed E-state index contributed by atoms with van der Waals surface area (Å²) in [5.41, 5.74) is 1.13. The van der Waals surface area contributed by atoms with Crippen LogP contribution in [0, 0.1) is 0 Å². The molecule has 1 saturated heterocycles. The van der Waals surface area contributed by atoms with Gasteiger partial charge in [0.15, 0.2) is 0 Å². The van der Waals surface area contributed by atoms with E-state index in [-0.39, 0.29) is 6.10 Å². The minimum absolute atomic E-state index is 0.286. The lowest BCUT2D eigenvalue weighted by Gasteiger charge is -1.97. The van der Waals surface area contributed by atoms with Gasteiger partial charge in [-0.25, -0.2) is 4.98 Å². The van der Waals surface area contributed by atoms with Crippen molar-refractivity contribution in [2.75, 3.05) is 13.7 Å². The first kappa shape index (κ1) is 9.99. The van der Waals surface area contributed by atoms with Crippen LogP contribution in [0.25, 0.3) is 0 Å². The Labute approximate surface area is 78.7 Å². The lowest BCUT2D eigenvalue weighted by molar-refractivity contribution is 0.394. The lowest BCUT2D eigenvalue weighted by Crippen LogP contribution is -1.88. The largest absolute Gasteiger partial charge is 0.481 e. The Hall–Kier alpha value is -1.09. The molecule has 0 N–H and O–H groups in total. The van der Waals surface area contributed by atoms with E-state index in [0.29, 0.717) is 5.88 Å². The van der Waals surface area contributed by atoms with E-state index in [4.69, 9.17) is 9.47 Å². The van der Waals surface area contributed by atoms with Gasteiger partial charge in [0, 0.05) is 17.8 Å². The summed E-state index contributed by atoms with van der Waals surface area (Å²) >= 11 is 0. The SMILES string of the molecule is CC.COc1ccc(C2CO2)cn1. The van der Waals surface area contributed by atoms with Gasteiger partial charge in [-0.15, -0.1) is 0 Å². The topological polar surface area (TPSA) is 34.6 Å². The zero-order valence-electron chi connectivity index (χ0n) is 8.28. The minimum atomic E-state index is 0.286. The summed E-state index contributed by atoms with van der Waals surface area (Å²) in [7, 11) is 1.61. The van der Waals surface area contributed by atoms with Gasteiger partial charge in [0.2, 0.25) is 5.88 Å². The molecule has 1 atom stereocenters. The van der Waals surface area contributed by atoms with Gasteiger partial charge in [-0.2, -0.15) is 0 Å². The molecule has 72 valence electrons. The fourth-order valence-electron chi connectivity index (χ4n) is 0.944. The van der Waals surface area contributed by atoms with Crippen LogP contribution in [0.15, 0.2) is 18.3 Å². The minimum Gasteiger partial charge on any atom is -0.481 e. The molecule has 0 saturated carbocycles. The molecular weight excluding hydrogens is 166 g/mol. The van der Waals surface area contributed by atoms with Gasteiger partial charge in [-0.05, 0) is 6.07 Å². The summed E-state index contributed by atoms with van der Waals surface area (Å²) in [4.78, 5) is 4.06. The number of methoxy groups -OCH3 is 1. The molecule has 3 nitrogen and oxygen atoms in total. The Morgan fingerprint density at radius 2 is 2.15 bits per heavy atom. The van der Waals surface area contributed by atoms with Crippen LogP contribution in [0.1, 0.15) is 25.5 Å².